The van der Waals surface area contributed by atoms with E-state index in [0.717, 1.165) is 24.4 Å². The highest BCUT2D eigenvalue weighted by atomic mass is 19.1. The van der Waals surface area contributed by atoms with Gasteiger partial charge in [-0.05, 0) is 18.2 Å². The molecule has 0 aliphatic carbocycles. The van der Waals surface area contributed by atoms with Crippen molar-refractivity contribution >= 4 is 17.8 Å². The minimum Gasteiger partial charge on any atom is -0.496 e. The zero-order chi connectivity index (χ0) is 20.0. The minimum absolute atomic E-state index is 0.00214. The minimum atomic E-state index is -0.876. The van der Waals surface area contributed by atoms with Crippen LogP contribution < -0.4 is 14.9 Å². The fourth-order valence-corrected chi connectivity index (χ4v) is 2.14. The van der Waals surface area contributed by atoms with Gasteiger partial charge in [0, 0.05) is 17.7 Å². The highest BCUT2D eigenvalue weighted by Gasteiger charge is 2.19. The highest BCUT2D eigenvalue weighted by Crippen LogP contribution is 2.33. The Bertz CT molecular complexity index is 969. The second-order valence-electron chi connectivity index (χ2n) is 5.03. The Morgan fingerprint density at radius 1 is 1.30 bits per heavy atom. The molecule has 0 heterocycles. The molecule has 0 unspecified atom stereocenters. The highest BCUT2D eigenvalue weighted by molar-refractivity contribution is 5.95. The quantitative estimate of drug-likeness (QED) is 0.471. The lowest BCUT2D eigenvalue weighted by Crippen LogP contribution is -2.19. The number of amides is 1. The smallest absolute Gasteiger partial charge is 0.311 e. The molecule has 0 bridgehead atoms. The van der Waals surface area contributed by atoms with Crippen LogP contribution in [-0.4, -0.2) is 31.3 Å². The first kappa shape index (κ1) is 19.3. The lowest BCUT2D eigenvalue weighted by atomic mass is 10.1. The Hall–Kier alpha value is -4.00. The maximum absolute atomic E-state index is 13.8. The van der Waals surface area contributed by atoms with E-state index >= 15 is 0 Å². The van der Waals surface area contributed by atoms with Gasteiger partial charge in [-0.15, -0.1) is 0 Å². The molecule has 2 rings (SSSR count). The third-order valence-corrected chi connectivity index (χ3v) is 3.44. The van der Waals surface area contributed by atoms with Gasteiger partial charge in [0.15, 0.2) is 0 Å². The predicted octanol–water partition coefficient (Wildman–Crippen LogP) is 2.39. The van der Waals surface area contributed by atoms with Gasteiger partial charge >= 0.3 is 5.69 Å². The largest absolute Gasteiger partial charge is 0.496 e. The molecule has 0 radical (unpaired) electrons. The van der Waals surface area contributed by atoms with Crippen molar-refractivity contribution < 1.29 is 23.6 Å². The van der Waals surface area contributed by atoms with E-state index in [4.69, 9.17) is 14.7 Å². The van der Waals surface area contributed by atoms with Gasteiger partial charge in [-0.25, -0.2) is 9.82 Å². The van der Waals surface area contributed by atoms with Crippen molar-refractivity contribution in [2.75, 3.05) is 14.2 Å². The Morgan fingerprint density at radius 2 is 2.00 bits per heavy atom. The molecule has 2 aromatic carbocycles. The zero-order valence-corrected chi connectivity index (χ0v) is 14.2. The number of nitrogens with zero attached hydrogens (tertiary/aromatic N) is 3. The van der Waals surface area contributed by atoms with Gasteiger partial charge in [0.25, 0.3) is 5.91 Å². The molecule has 0 fully saturated rings. The van der Waals surface area contributed by atoms with Crippen LogP contribution in [0.25, 0.3) is 0 Å². The van der Waals surface area contributed by atoms with Gasteiger partial charge in [-0.2, -0.15) is 10.4 Å². The summed E-state index contributed by atoms with van der Waals surface area (Å²) < 4.78 is 23.9. The van der Waals surface area contributed by atoms with Crippen LogP contribution in [0.3, 0.4) is 0 Å². The van der Waals surface area contributed by atoms with Gasteiger partial charge in [-0.1, -0.05) is 0 Å². The number of nitro benzene ring substituents is 1. The van der Waals surface area contributed by atoms with Crippen LogP contribution in [0.1, 0.15) is 21.5 Å². The predicted molar refractivity (Wildman–Crippen MR) is 92.4 cm³/mol. The molecule has 0 aliphatic rings. The Labute approximate surface area is 152 Å². The van der Waals surface area contributed by atoms with Crippen LogP contribution >= 0.6 is 0 Å². The zero-order valence-electron chi connectivity index (χ0n) is 14.2. The maximum atomic E-state index is 13.8. The Morgan fingerprint density at radius 3 is 2.56 bits per heavy atom. The number of hydrogen-bond acceptors (Lipinski definition) is 7. The van der Waals surface area contributed by atoms with Gasteiger partial charge in [0.05, 0.1) is 42.6 Å². The first-order valence-corrected chi connectivity index (χ1v) is 7.34. The van der Waals surface area contributed by atoms with Crippen LogP contribution in [0, 0.1) is 27.3 Å². The number of benzene rings is 2. The molecule has 0 aromatic heterocycles. The number of nitro groups is 1. The van der Waals surface area contributed by atoms with E-state index in [1.807, 2.05) is 0 Å². The summed E-state index contributed by atoms with van der Waals surface area (Å²) in [5.41, 5.74) is 1.75. The topological polar surface area (TPSA) is 127 Å². The van der Waals surface area contributed by atoms with Crippen LogP contribution in [0.15, 0.2) is 35.4 Å². The van der Waals surface area contributed by atoms with Crippen LogP contribution in [-0.2, 0) is 0 Å². The number of carbonyl (C=O) groups excluding carboxylic acids is 1. The fraction of sp³-hybridized carbons (Fsp3) is 0.118. The van der Waals surface area contributed by atoms with Crippen LogP contribution in [0.4, 0.5) is 10.1 Å². The van der Waals surface area contributed by atoms with E-state index in [9.17, 15) is 19.3 Å². The lowest BCUT2D eigenvalue weighted by molar-refractivity contribution is -0.385. The molecule has 0 atom stereocenters. The molecule has 0 aliphatic heterocycles. The molecule has 138 valence electrons. The van der Waals surface area contributed by atoms with E-state index < -0.39 is 16.6 Å². The summed E-state index contributed by atoms with van der Waals surface area (Å²) in [5.74, 6) is -1.51. The van der Waals surface area contributed by atoms with E-state index in [1.54, 1.807) is 6.07 Å². The number of methoxy groups -OCH3 is 2. The second kappa shape index (κ2) is 8.39. The summed E-state index contributed by atoms with van der Waals surface area (Å²) in [6, 6.07) is 7.59. The Kier molecular flexibility index (Phi) is 6.01. The van der Waals surface area contributed by atoms with E-state index in [1.165, 1.54) is 26.4 Å². The third kappa shape index (κ3) is 4.35. The number of ether oxygens (including phenoxy) is 2. The van der Waals surface area contributed by atoms with Crippen molar-refractivity contribution in [2.45, 2.75) is 0 Å². The average Bonchev–Trinajstić information content (AvgIpc) is 2.66. The number of nitriles is 1. The van der Waals surface area contributed by atoms with Crippen molar-refractivity contribution in [3.63, 3.8) is 0 Å². The van der Waals surface area contributed by atoms with Gasteiger partial charge in [-0.3, -0.25) is 14.9 Å². The summed E-state index contributed by atoms with van der Waals surface area (Å²) in [7, 11) is 2.63. The van der Waals surface area contributed by atoms with Gasteiger partial charge in [0.1, 0.15) is 11.6 Å². The van der Waals surface area contributed by atoms with E-state index in [2.05, 4.69) is 10.5 Å². The van der Waals surface area contributed by atoms with Crippen LogP contribution in [0.2, 0.25) is 0 Å². The molecule has 1 N–H and O–H groups in total. The second-order valence-corrected chi connectivity index (χ2v) is 5.03. The van der Waals surface area contributed by atoms with Gasteiger partial charge < -0.3 is 9.47 Å². The Balaban J connectivity index is 2.25. The van der Waals surface area contributed by atoms with Crippen molar-refractivity contribution in [1.29, 1.82) is 5.26 Å². The van der Waals surface area contributed by atoms with Crippen LogP contribution in [0.5, 0.6) is 11.5 Å². The maximum Gasteiger partial charge on any atom is 0.311 e. The number of rotatable bonds is 6. The summed E-state index contributed by atoms with van der Waals surface area (Å²) in [4.78, 5) is 22.4. The van der Waals surface area contributed by atoms with E-state index in [0.29, 0.717) is 0 Å². The van der Waals surface area contributed by atoms with Gasteiger partial charge in [0.2, 0.25) is 5.75 Å². The van der Waals surface area contributed by atoms with E-state index in [-0.39, 0.29) is 33.9 Å². The first-order chi connectivity index (χ1) is 12.9. The summed E-state index contributed by atoms with van der Waals surface area (Å²) in [5, 5.41) is 23.5. The molecule has 2 aromatic rings. The van der Waals surface area contributed by atoms with Crippen molar-refractivity contribution in [1.82, 2.24) is 5.43 Å². The number of carbonyl (C=O) groups is 1. The number of hydrogen-bond donors (Lipinski definition) is 1. The summed E-state index contributed by atoms with van der Waals surface area (Å²) in [6.45, 7) is 0. The van der Waals surface area contributed by atoms with Crippen molar-refractivity contribution in [2.24, 2.45) is 5.10 Å². The SMILES string of the molecule is COc1cc(OC)c([N+](=O)[O-])cc1C=NNC(=O)c1ccc(C#N)cc1F. The molecule has 0 saturated heterocycles. The molecule has 0 saturated carbocycles. The molecular formula is C17H13FN4O5. The average molecular weight is 372 g/mol. The monoisotopic (exact) mass is 372 g/mol. The molecule has 9 nitrogen and oxygen atoms in total. The fourth-order valence-electron chi connectivity index (χ4n) is 2.14. The first-order valence-electron chi connectivity index (χ1n) is 7.34. The molecule has 1 amide bonds. The standard InChI is InChI=1S/C17H13FN4O5/c1-26-15-7-16(27-2)14(22(24)25)6-11(15)9-20-21-17(23)12-4-3-10(8-19)5-13(12)18/h3-7,9H,1-2H3,(H,21,23). The molecular weight excluding hydrogens is 359 g/mol. The van der Waals surface area contributed by atoms with Crippen molar-refractivity contribution in [3.8, 4) is 17.6 Å². The number of hydrazone groups is 1. The number of nitrogens with one attached hydrogen (secondary N) is 1. The third-order valence-electron chi connectivity index (χ3n) is 3.44. The lowest BCUT2D eigenvalue weighted by Gasteiger charge is -2.08. The summed E-state index contributed by atoms with van der Waals surface area (Å²) in [6.07, 6.45) is 1.12. The molecule has 0 spiro atoms. The molecule has 10 heteroatoms. The normalized spacial score (nSPS) is 10.3. The summed E-state index contributed by atoms with van der Waals surface area (Å²) >= 11 is 0. The number of halogens is 1. The van der Waals surface area contributed by atoms with Crippen molar-refractivity contribution in [3.05, 3.63) is 63.0 Å². The molecule has 27 heavy (non-hydrogen) atoms.